The molecule has 0 radical (unpaired) electrons. The van der Waals surface area contributed by atoms with Gasteiger partial charge in [0, 0.05) is 18.5 Å². The van der Waals surface area contributed by atoms with Crippen LogP contribution in [0.1, 0.15) is 39.5 Å². The first-order valence-corrected chi connectivity index (χ1v) is 9.54. The van der Waals surface area contributed by atoms with Gasteiger partial charge in [0.05, 0.1) is 4.90 Å². The van der Waals surface area contributed by atoms with Crippen molar-refractivity contribution in [2.24, 2.45) is 0 Å². The minimum Gasteiger partial charge on any atom is -0.292 e. The van der Waals surface area contributed by atoms with Crippen molar-refractivity contribution in [1.29, 1.82) is 0 Å². The number of hydrogen-bond acceptors (Lipinski definition) is 3. The fourth-order valence-electron chi connectivity index (χ4n) is 3.39. The van der Waals surface area contributed by atoms with Gasteiger partial charge in [0.15, 0.2) is 5.78 Å². The van der Waals surface area contributed by atoms with Gasteiger partial charge in [-0.05, 0) is 36.2 Å². The fourth-order valence-corrected chi connectivity index (χ4v) is 4.77. The monoisotopic (exact) mass is 351 g/mol. The number of fused-ring (bicyclic) bond motifs is 1. The van der Waals surface area contributed by atoms with Crippen molar-refractivity contribution in [3.8, 4) is 0 Å². The van der Waals surface area contributed by atoms with Crippen molar-refractivity contribution >= 4 is 15.8 Å². The van der Waals surface area contributed by atoms with Crippen LogP contribution in [0.15, 0.2) is 71.8 Å². The number of aromatic nitrogens is 1. The zero-order valence-electron chi connectivity index (χ0n) is 13.7. The van der Waals surface area contributed by atoms with E-state index >= 15 is 0 Å². The van der Waals surface area contributed by atoms with E-state index in [0.29, 0.717) is 6.42 Å². The Bertz CT molecular complexity index is 1050. The summed E-state index contributed by atoms with van der Waals surface area (Å²) in [5, 5.41) is 0. The average Bonchev–Trinajstić information content (AvgIpc) is 3.18. The molecule has 0 spiro atoms. The van der Waals surface area contributed by atoms with Crippen LogP contribution in [0.2, 0.25) is 0 Å². The van der Waals surface area contributed by atoms with Crippen LogP contribution in [-0.2, 0) is 10.0 Å². The minimum atomic E-state index is -3.78. The molecule has 126 valence electrons. The molecular formula is C20H17NO3S. The number of ketones is 1. The van der Waals surface area contributed by atoms with Gasteiger partial charge in [-0.25, -0.2) is 12.4 Å². The first kappa shape index (κ1) is 15.8. The van der Waals surface area contributed by atoms with Gasteiger partial charge in [-0.2, -0.15) is 0 Å². The van der Waals surface area contributed by atoms with Gasteiger partial charge in [-0.15, -0.1) is 0 Å². The highest BCUT2D eigenvalue weighted by Crippen LogP contribution is 2.39. The average molecular weight is 351 g/mol. The molecule has 0 aliphatic heterocycles. The molecule has 1 aromatic heterocycles. The molecule has 1 heterocycles. The molecule has 1 unspecified atom stereocenters. The summed E-state index contributed by atoms with van der Waals surface area (Å²) < 4.78 is 27.1. The zero-order valence-corrected chi connectivity index (χ0v) is 14.5. The van der Waals surface area contributed by atoms with Crippen molar-refractivity contribution < 1.29 is 13.2 Å². The SMILES string of the molecule is Cc1ccc(S(=O)(=O)n2ccc3c2C(=O)CC3c2ccccc2)cc1. The van der Waals surface area contributed by atoms with Crippen LogP contribution in [-0.4, -0.2) is 18.2 Å². The summed E-state index contributed by atoms with van der Waals surface area (Å²) in [4.78, 5) is 12.8. The molecular weight excluding hydrogens is 334 g/mol. The summed E-state index contributed by atoms with van der Waals surface area (Å²) in [5.41, 5.74) is 3.08. The molecule has 0 saturated carbocycles. The highest BCUT2D eigenvalue weighted by atomic mass is 32.2. The first-order chi connectivity index (χ1) is 12.0. The van der Waals surface area contributed by atoms with Crippen LogP contribution in [0.25, 0.3) is 0 Å². The Morgan fingerprint density at radius 3 is 2.32 bits per heavy atom. The van der Waals surface area contributed by atoms with E-state index in [9.17, 15) is 13.2 Å². The quantitative estimate of drug-likeness (QED) is 0.722. The second-order valence-electron chi connectivity index (χ2n) is 6.32. The molecule has 5 heteroatoms. The van der Waals surface area contributed by atoms with E-state index in [1.54, 1.807) is 30.3 Å². The lowest BCUT2D eigenvalue weighted by atomic mass is 9.94. The Morgan fingerprint density at radius 1 is 0.960 bits per heavy atom. The minimum absolute atomic E-state index is 0.0850. The molecule has 4 rings (SSSR count). The third-order valence-electron chi connectivity index (χ3n) is 4.69. The predicted molar refractivity (Wildman–Crippen MR) is 95.4 cm³/mol. The Morgan fingerprint density at radius 2 is 1.64 bits per heavy atom. The van der Waals surface area contributed by atoms with Gasteiger partial charge in [-0.3, -0.25) is 4.79 Å². The van der Waals surface area contributed by atoms with Gasteiger partial charge in [-0.1, -0.05) is 48.0 Å². The van der Waals surface area contributed by atoms with E-state index in [2.05, 4.69) is 0 Å². The van der Waals surface area contributed by atoms with E-state index < -0.39 is 10.0 Å². The van der Waals surface area contributed by atoms with Gasteiger partial charge in [0.1, 0.15) is 5.69 Å². The van der Waals surface area contributed by atoms with Crippen molar-refractivity contribution in [1.82, 2.24) is 3.97 Å². The summed E-state index contributed by atoms with van der Waals surface area (Å²) in [6.07, 6.45) is 1.80. The van der Waals surface area contributed by atoms with Crippen LogP contribution in [0.5, 0.6) is 0 Å². The van der Waals surface area contributed by atoms with Crippen molar-refractivity contribution in [3.63, 3.8) is 0 Å². The molecule has 0 N–H and O–H groups in total. The number of carbonyl (C=O) groups is 1. The van der Waals surface area contributed by atoms with Crippen LogP contribution in [0, 0.1) is 6.92 Å². The third-order valence-corrected chi connectivity index (χ3v) is 6.38. The molecule has 1 aliphatic carbocycles. The Hall–Kier alpha value is -2.66. The Labute approximate surface area is 146 Å². The maximum absolute atomic E-state index is 13.0. The van der Waals surface area contributed by atoms with Crippen LogP contribution < -0.4 is 0 Å². The Balaban J connectivity index is 1.82. The van der Waals surface area contributed by atoms with Gasteiger partial charge < -0.3 is 0 Å². The number of hydrogen-bond donors (Lipinski definition) is 0. The zero-order chi connectivity index (χ0) is 17.6. The van der Waals surface area contributed by atoms with Gasteiger partial charge in [0.2, 0.25) is 0 Å². The predicted octanol–water partition coefficient (Wildman–Crippen LogP) is 3.75. The van der Waals surface area contributed by atoms with Crippen molar-refractivity contribution in [2.45, 2.75) is 24.2 Å². The van der Waals surface area contributed by atoms with Crippen LogP contribution >= 0.6 is 0 Å². The highest BCUT2D eigenvalue weighted by molar-refractivity contribution is 7.90. The topological polar surface area (TPSA) is 56.1 Å². The fraction of sp³-hybridized carbons (Fsp3) is 0.150. The lowest BCUT2D eigenvalue weighted by Gasteiger charge is -2.09. The molecule has 1 atom stereocenters. The molecule has 2 aromatic carbocycles. The van der Waals surface area contributed by atoms with Crippen LogP contribution in [0.4, 0.5) is 0 Å². The third kappa shape index (κ3) is 2.51. The molecule has 0 bridgehead atoms. The van der Waals surface area contributed by atoms with E-state index in [4.69, 9.17) is 0 Å². The van der Waals surface area contributed by atoms with Gasteiger partial charge in [0.25, 0.3) is 10.0 Å². The smallest absolute Gasteiger partial charge is 0.268 e. The number of aryl methyl sites for hydroxylation is 1. The van der Waals surface area contributed by atoms with Crippen molar-refractivity contribution in [2.75, 3.05) is 0 Å². The summed E-state index contributed by atoms with van der Waals surface area (Å²) in [7, 11) is -3.78. The molecule has 0 amide bonds. The molecule has 25 heavy (non-hydrogen) atoms. The van der Waals surface area contributed by atoms with Crippen molar-refractivity contribution in [3.05, 3.63) is 89.2 Å². The number of Topliss-reactive ketones (excluding diaryl/α,β-unsaturated/α-hetero) is 1. The number of benzene rings is 2. The van der Waals surface area contributed by atoms with E-state index in [-0.39, 0.29) is 22.3 Å². The maximum atomic E-state index is 13.0. The summed E-state index contributed by atoms with van der Waals surface area (Å²) >= 11 is 0. The van der Waals surface area contributed by atoms with E-state index in [0.717, 1.165) is 20.7 Å². The van der Waals surface area contributed by atoms with E-state index in [1.165, 1.54) is 6.20 Å². The normalized spacial score (nSPS) is 16.8. The van der Waals surface area contributed by atoms with Crippen LogP contribution in [0.3, 0.4) is 0 Å². The first-order valence-electron chi connectivity index (χ1n) is 8.10. The molecule has 3 aromatic rings. The molecule has 0 saturated heterocycles. The second-order valence-corrected chi connectivity index (χ2v) is 8.14. The Kier molecular flexibility index (Phi) is 3.62. The lowest BCUT2D eigenvalue weighted by Crippen LogP contribution is -2.16. The summed E-state index contributed by atoms with van der Waals surface area (Å²) in [5.74, 6) is -0.220. The van der Waals surface area contributed by atoms with Gasteiger partial charge >= 0.3 is 0 Å². The van der Waals surface area contributed by atoms with E-state index in [1.807, 2.05) is 37.3 Å². The second kappa shape index (κ2) is 5.70. The lowest BCUT2D eigenvalue weighted by molar-refractivity contribution is 0.0986. The number of carbonyl (C=O) groups excluding carboxylic acids is 1. The highest BCUT2D eigenvalue weighted by Gasteiger charge is 2.36. The molecule has 0 fully saturated rings. The summed E-state index contributed by atoms with van der Waals surface area (Å²) in [6.45, 7) is 1.90. The number of rotatable bonds is 3. The molecule has 4 nitrogen and oxygen atoms in total. The maximum Gasteiger partial charge on any atom is 0.268 e. The largest absolute Gasteiger partial charge is 0.292 e. The summed E-state index contributed by atoms with van der Waals surface area (Å²) in [6, 6.07) is 18.1. The number of nitrogens with zero attached hydrogens (tertiary/aromatic N) is 1. The molecule has 1 aliphatic rings. The standard InChI is InChI=1S/C20H17NO3S/c1-14-7-9-16(10-8-14)25(23,24)21-12-11-17-18(13-19(22)20(17)21)15-5-3-2-4-6-15/h2-12,18H,13H2,1H3.